The number of rotatable bonds is 2. The van der Waals surface area contributed by atoms with Crippen LogP contribution in [0.1, 0.15) is 32.6 Å². The summed E-state index contributed by atoms with van der Waals surface area (Å²) in [5.74, 6) is -0.0755. The molecule has 96 valence electrons. The minimum atomic E-state index is -0.204. The second kappa shape index (κ2) is 5.34. The van der Waals surface area contributed by atoms with Crippen molar-refractivity contribution in [3.63, 3.8) is 0 Å². The molecule has 0 fully saturated rings. The van der Waals surface area contributed by atoms with Crippen LogP contribution in [0.2, 0.25) is 0 Å². The van der Waals surface area contributed by atoms with Crippen molar-refractivity contribution in [3.8, 4) is 0 Å². The minimum absolute atomic E-state index is 0.102. The van der Waals surface area contributed by atoms with Crippen molar-refractivity contribution in [2.75, 3.05) is 0 Å². The summed E-state index contributed by atoms with van der Waals surface area (Å²) in [4.78, 5) is 22.5. The molecule has 1 aliphatic heterocycles. The topological polar surface area (TPSA) is 43.4 Å². The van der Waals surface area contributed by atoms with Crippen molar-refractivity contribution in [2.24, 2.45) is 5.92 Å². The third-order valence-corrected chi connectivity index (χ3v) is 3.62. The maximum Gasteiger partial charge on any atom is 0.334 e. The molecule has 1 heterocycles. The molecule has 2 atom stereocenters. The van der Waals surface area contributed by atoms with E-state index in [0.29, 0.717) is 12.0 Å². The Labute approximate surface area is 107 Å². The predicted octanol–water partition coefficient (Wildman–Crippen LogP) is 2.73. The third kappa shape index (κ3) is 2.78. The van der Waals surface area contributed by atoms with Gasteiger partial charge in [-0.2, -0.15) is 0 Å². The van der Waals surface area contributed by atoms with Crippen molar-refractivity contribution < 1.29 is 14.3 Å². The Balaban J connectivity index is 2.18. The highest BCUT2D eigenvalue weighted by molar-refractivity contribution is 5.90. The van der Waals surface area contributed by atoms with Crippen LogP contribution < -0.4 is 0 Å². The average molecular weight is 246 g/mol. The largest absolute Gasteiger partial charge is 0.454 e. The smallest absolute Gasteiger partial charge is 0.334 e. The SMILES string of the molecule is C=C(C=O)C1C/C=C(\C)CC2C=C(CC1)C(=O)O2. The molecule has 2 aliphatic rings. The lowest BCUT2D eigenvalue weighted by Gasteiger charge is -2.15. The van der Waals surface area contributed by atoms with E-state index in [1.54, 1.807) is 0 Å². The van der Waals surface area contributed by atoms with Crippen LogP contribution in [0.3, 0.4) is 0 Å². The van der Waals surface area contributed by atoms with Gasteiger partial charge in [0.15, 0.2) is 0 Å². The summed E-state index contributed by atoms with van der Waals surface area (Å²) in [6, 6.07) is 0. The Bertz CT molecular complexity index is 443. The van der Waals surface area contributed by atoms with Crippen molar-refractivity contribution in [1.29, 1.82) is 0 Å². The number of aldehydes is 1. The molecule has 0 aromatic carbocycles. The number of ether oxygens (including phenoxy) is 1. The molecular formula is C15H18O3. The molecule has 0 aromatic rings. The minimum Gasteiger partial charge on any atom is -0.454 e. The average Bonchev–Trinajstić information content (AvgIpc) is 2.67. The van der Waals surface area contributed by atoms with E-state index in [1.165, 1.54) is 5.57 Å². The zero-order chi connectivity index (χ0) is 13.1. The van der Waals surface area contributed by atoms with Gasteiger partial charge in [-0.1, -0.05) is 18.2 Å². The van der Waals surface area contributed by atoms with E-state index in [4.69, 9.17) is 4.74 Å². The van der Waals surface area contributed by atoms with E-state index in [1.807, 2.05) is 13.0 Å². The standard InChI is InChI=1S/C15H18O3/c1-10-3-4-12(11(2)9-16)5-6-13-8-14(7-10)18-15(13)17/h3,8-9,12,14H,2,4-7H2,1H3/b10-3+. The Morgan fingerprint density at radius 3 is 3.06 bits per heavy atom. The van der Waals surface area contributed by atoms with Crippen LogP contribution in [0, 0.1) is 5.92 Å². The first-order valence-electron chi connectivity index (χ1n) is 6.31. The molecule has 0 spiro atoms. The summed E-state index contributed by atoms with van der Waals surface area (Å²) >= 11 is 0. The summed E-state index contributed by atoms with van der Waals surface area (Å²) in [5, 5.41) is 0. The number of allylic oxidation sites excluding steroid dienone is 2. The quantitative estimate of drug-likeness (QED) is 0.325. The molecule has 3 heteroatoms. The van der Waals surface area contributed by atoms with Gasteiger partial charge in [-0.3, -0.25) is 4.79 Å². The van der Waals surface area contributed by atoms with Gasteiger partial charge in [0.2, 0.25) is 0 Å². The van der Waals surface area contributed by atoms with Crippen LogP contribution in [-0.2, 0) is 14.3 Å². The van der Waals surface area contributed by atoms with Crippen molar-refractivity contribution in [3.05, 3.63) is 35.5 Å². The molecule has 0 N–H and O–H groups in total. The van der Waals surface area contributed by atoms with Crippen LogP contribution in [0.25, 0.3) is 0 Å². The molecular weight excluding hydrogens is 228 g/mol. The van der Waals surface area contributed by atoms with Gasteiger partial charge in [0.25, 0.3) is 0 Å². The Morgan fingerprint density at radius 2 is 2.33 bits per heavy atom. The summed E-state index contributed by atoms with van der Waals surface area (Å²) in [6.07, 6.45) is 7.77. The normalized spacial score (nSPS) is 30.8. The summed E-state index contributed by atoms with van der Waals surface area (Å²) in [5.41, 5.74) is 2.55. The maximum atomic E-state index is 11.6. The zero-order valence-corrected chi connectivity index (χ0v) is 10.6. The van der Waals surface area contributed by atoms with Gasteiger partial charge in [-0.15, -0.1) is 0 Å². The Kier molecular flexibility index (Phi) is 3.80. The fourth-order valence-corrected chi connectivity index (χ4v) is 2.45. The van der Waals surface area contributed by atoms with Gasteiger partial charge in [-0.25, -0.2) is 4.79 Å². The molecule has 1 aliphatic carbocycles. The highest BCUT2D eigenvalue weighted by Crippen LogP contribution is 2.29. The Hall–Kier alpha value is -1.64. The van der Waals surface area contributed by atoms with Gasteiger partial charge in [-0.05, 0) is 43.8 Å². The molecule has 2 bridgehead atoms. The van der Waals surface area contributed by atoms with Crippen molar-refractivity contribution >= 4 is 12.3 Å². The molecule has 0 radical (unpaired) electrons. The van der Waals surface area contributed by atoms with Crippen LogP contribution in [0.5, 0.6) is 0 Å². The molecule has 2 unspecified atom stereocenters. The van der Waals surface area contributed by atoms with E-state index in [2.05, 4.69) is 12.7 Å². The van der Waals surface area contributed by atoms with E-state index in [-0.39, 0.29) is 18.0 Å². The van der Waals surface area contributed by atoms with E-state index >= 15 is 0 Å². The van der Waals surface area contributed by atoms with Crippen LogP contribution in [-0.4, -0.2) is 18.4 Å². The van der Waals surface area contributed by atoms with Crippen molar-refractivity contribution in [1.82, 2.24) is 0 Å². The summed E-state index contributed by atoms with van der Waals surface area (Å²) in [7, 11) is 0. The van der Waals surface area contributed by atoms with E-state index in [9.17, 15) is 9.59 Å². The predicted molar refractivity (Wildman–Crippen MR) is 68.9 cm³/mol. The Morgan fingerprint density at radius 1 is 1.56 bits per heavy atom. The number of hydrogen-bond donors (Lipinski definition) is 0. The second-order valence-corrected chi connectivity index (χ2v) is 5.05. The van der Waals surface area contributed by atoms with Crippen LogP contribution in [0.4, 0.5) is 0 Å². The molecule has 0 saturated carbocycles. The molecule has 3 nitrogen and oxygen atoms in total. The maximum absolute atomic E-state index is 11.6. The lowest BCUT2D eigenvalue weighted by molar-refractivity contribution is -0.139. The van der Waals surface area contributed by atoms with Gasteiger partial charge in [0, 0.05) is 12.0 Å². The number of fused-ring (bicyclic) bond motifs is 1. The highest BCUT2D eigenvalue weighted by Gasteiger charge is 2.27. The summed E-state index contributed by atoms with van der Waals surface area (Å²) in [6.45, 7) is 5.83. The van der Waals surface area contributed by atoms with Gasteiger partial charge < -0.3 is 4.74 Å². The third-order valence-electron chi connectivity index (χ3n) is 3.62. The lowest BCUT2D eigenvalue weighted by atomic mass is 9.88. The molecule has 0 aromatic heterocycles. The fourth-order valence-electron chi connectivity index (χ4n) is 2.45. The lowest BCUT2D eigenvalue weighted by Crippen LogP contribution is -2.08. The number of esters is 1. The first-order chi connectivity index (χ1) is 8.60. The van der Waals surface area contributed by atoms with E-state index < -0.39 is 0 Å². The first-order valence-corrected chi connectivity index (χ1v) is 6.31. The van der Waals surface area contributed by atoms with Crippen molar-refractivity contribution in [2.45, 2.75) is 38.7 Å². The molecule has 0 saturated heterocycles. The monoisotopic (exact) mass is 246 g/mol. The van der Waals surface area contributed by atoms with Gasteiger partial charge in [0.1, 0.15) is 12.4 Å². The number of hydrogen-bond acceptors (Lipinski definition) is 3. The molecule has 0 amide bonds. The molecule has 2 rings (SSSR count). The molecule has 18 heavy (non-hydrogen) atoms. The van der Waals surface area contributed by atoms with Crippen LogP contribution >= 0.6 is 0 Å². The zero-order valence-electron chi connectivity index (χ0n) is 10.6. The van der Waals surface area contributed by atoms with Gasteiger partial charge in [0.05, 0.1) is 0 Å². The number of carbonyl (C=O) groups excluding carboxylic acids is 2. The summed E-state index contributed by atoms with van der Waals surface area (Å²) < 4.78 is 5.28. The van der Waals surface area contributed by atoms with Gasteiger partial charge >= 0.3 is 5.97 Å². The second-order valence-electron chi connectivity index (χ2n) is 5.05. The highest BCUT2D eigenvalue weighted by atomic mass is 16.5. The van der Waals surface area contributed by atoms with E-state index in [0.717, 1.165) is 31.1 Å². The fraction of sp³-hybridized carbons (Fsp3) is 0.467. The first kappa shape index (κ1) is 12.8. The van der Waals surface area contributed by atoms with Crippen LogP contribution in [0.15, 0.2) is 35.5 Å². The number of carbonyl (C=O) groups is 2.